The second kappa shape index (κ2) is 5.13. The van der Waals surface area contributed by atoms with Crippen LogP contribution in [-0.4, -0.2) is 43.1 Å². The quantitative estimate of drug-likeness (QED) is 0.480. The average Bonchev–Trinajstić information content (AvgIpc) is 1.87. The second-order valence-electron chi connectivity index (χ2n) is 3.22. The Morgan fingerprint density at radius 2 is 2.00 bits per heavy atom. The zero-order valence-electron chi connectivity index (χ0n) is 7.78. The maximum atomic E-state index is 8.88. The van der Waals surface area contributed by atoms with Crippen molar-refractivity contribution in [3.05, 3.63) is 0 Å². The van der Waals surface area contributed by atoms with E-state index in [0.29, 0.717) is 5.92 Å². The lowest BCUT2D eigenvalue weighted by molar-refractivity contribution is 0.239. The molecule has 0 unspecified atom stereocenters. The maximum Gasteiger partial charge on any atom is 0.0849 e. The molecule has 0 aliphatic carbocycles. The zero-order valence-corrected chi connectivity index (χ0v) is 7.78. The van der Waals surface area contributed by atoms with E-state index in [-0.39, 0.29) is 12.6 Å². The van der Waals surface area contributed by atoms with E-state index in [1.807, 2.05) is 32.8 Å². The van der Waals surface area contributed by atoms with Crippen LogP contribution in [0.5, 0.6) is 0 Å². The molecule has 0 aromatic heterocycles. The van der Waals surface area contributed by atoms with Crippen LogP contribution >= 0.6 is 0 Å². The predicted octanol–water partition coefficient (Wildman–Crippen LogP) is 0.593. The van der Waals surface area contributed by atoms with Gasteiger partial charge in [-0.25, -0.2) is 0 Å². The first-order valence-corrected chi connectivity index (χ1v) is 3.88. The van der Waals surface area contributed by atoms with E-state index in [2.05, 4.69) is 4.99 Å². The van der Waals surface area contributed by atoms with Gasteiger partial charge in [-0.05, 0) is 5.92 Å². The number of aliphatic hydroxyl groups is 1. The minimum atomic E-state index is 0.0393. The van der Waals surface area contributed by atoms with Gasteiger partial charge in [-0.3, -0.25) is 4.99 Å². The SMILES string of the molecule is CC(C)[C@@H](CO)N=CN(C)C. The van der Waals surface area contributed by atoms with Gasteiger partial charge in [0.2, 0.25) is 0 Å². The van der Waals surface area contributed by atoms with Gasteiger partial charge in [-0.2, -0.15) is 0 Å². The van der Waals surface area contributed by atoms with Crippen molar-refractivity contribution >= 4 is 6.34 Å². The summed E-state index contributed by atoms with van der Waals surface area (Å²) >= 11 is 0. The minimum Gasteiger partial charge on any atom is -0.394 e. The number of hydrogen-bond donors (Lipinski definition) is 1. The lowest BCUT2D eigenvalue weighted by atomic mass is 10.1. The first kappa shape index (κ1) is 10.4. The largest absolute Gasteiger partial charge is 0.394 e. The summed E-state index contributed by atoms with van der Waals surface area (Å²) in [6, 6.07) is 0.0393. The average molecular weight is 158 g/mol. The topological polar surface area (TPSA) is 35.8 Å². The molecular weight excluding hydrogens is 140 g/mol. The van der Waals surface area contributed by atoms with E-state index in [0.717, 1.165) is 0 Å². The summed E-state index contributed by atoms with van der Waals surface area (Å²) in [6.07, 6.45) is 1.74. The Morgan fingerprint density at radius 3 is 2.27 bits per heavy atom. The van der Waals surface area contributed by atoms with Crippen LogP contribution in [0.15, 0.2) is 4.99 Å². The Morgan fingerprint density at radius 1 is 1.45 bits per heavy atom. The first-order chi connectivity index (χ1) is 5.07. The minimum absolute atomic E-state index is 0.0393. The Balaban J connectivity index is 3.87. The predicted molar refractivity (Wildman–Crippen MR) is 47.9 cm³/mol. The van der Waals surface area contributed by atoms with Crippen molar-refractivity contribution < 1.29 is 5.11 Å². The highest BCUT2D eigenvalue weighted by atomic mass is 16.3. The molecule has 66 valence electrons. The van der Waals surface area contributed by atoms with E-state index in [4.69, 9.17) is 5.11 Å². The number of aliphatic hydroxyl groups excluding tert-OH is 1. The van der Waals surface area contributed by atoms with Crippen molar-refractivity contribution in [3.8, 4) is 0 Å². The molecule has 0 saturated carbocycles. The van der Waals surface area contributed by atoms with Gasteiger partial charge in [0.05, 0.1) is 19.0 Å². The van der Waals surface area contributed by atoms with Gasteiger partial charge in [-0.1, -0.05) is 13.8 Å². The van der Waals surface area contributed by atoms with Crippen molar-refractivity contribution in [2.45, 2.75) is 19.9 Å². The molecule has 0 amide bonds. The fraction of sp³-hybridized carbons (Fsp3) is 0.875. The molecule has 1 atom stereocenters. The molecular formula is C8H18N2O. The Kier molecular flexibility index (Phi) is 4.86. The number of nitrogens with zero attached hydrogens (tertiary/aromatic N) is 2. The normalized spacial score (nSPS) is 14.4. The van der Waals surface area contributed by atoms with Gasteiger partial charge in [0.25, 0.3) is 0 Å². The van der Waals surface area contributed by atoms with Gasteiger partial charge in [0, 0.05) is 14.1 Å². The van der Waals surface area contributed by atoms with Gasteiger partial charge in [-0.15, -0.1) is 0 Å². The van der Waals surface area contributed by atoms with Crippen molar-refractivity contribution in [1.29, 1.82) is 0 Å². The van der Waals surface area contributed by atoms with Crippen molar-refractivity contribution in [2.75, 3.05) is 20.7 Å². The van der Waals surface area contributed by atoms with Gasteiger partial charge in [0.1, 0.15) is 0 Å². The summed E-state index contributed by atoms with van der Waals surface area (Å²) in [5, 5.41) is 8.88. The Labute approximate surface area is 68.7 Å². The molecule has 0 aromatic carbocycles. The summed E-state index contributed by atoms with van der Waals surface area (Å²) in [5.74, 6) is 0.399. The summed E-state index contributed by atoms with van der Waals surface area (Å²) < 4.78 is 0. The van der Waals surface area contributed by atoms with Crippen molar-refractivity contribution in [1.82, 2.24) is 4.90 Å². The van der Waals surface area contributed by atoms with Crippen molar-refractivity contribution in [3.63, 3.8) is 0 Å². The molecule has 11 heavy (non-hydrogen) atoms. The van der Waals surface area contributed by atoms with Crippen LogP contribution in [0.1, 0.15) is 13.8 Å². The molecule has 0 fully saturated rings. The lowest BCUT2D eigenvalue weighted by Gasteiger charge is -2.13. The molecule has 0 aliphatic rings. The third kappa shape index (κ3) is 4.79. The van der Waals surface area contributed by atoms with Crippen LogP contribution in [0.25, 0.3) is 0 Å². The molecule has 3 heteroatoms. The molecule has 0 bridgehead atoms. The van der Waals surface area contributed by atoms with Crippen LogP contribution in [0.2, 0.25) is 0 Å². The molecule has 0 saturated heterocycles. The molecule has 0 spiro atoms. The van der Waals surface area contributed by atoms with Gasteiger partial charge < -0.3 is 10.0 Å². The smallest absolute Gasteiger partial charge is 0.0849 e. The maximum absolute atomic E-state index is 8.88. The monoisotopic (exact) mass is 158 g/mol. The zero-order chi connectivity index (χ0) is 8.85. The molecule has 1 N–H and O–H groups in total. The lowest BCUT2D eigenvalue weighted by Crippen LogP contribution is -2.20. The molecule has 0 radical (unpaired) electrons. The summed E-state index contributed by atoms with van der Waals surface area (Å²) in [6.45, 7) is 4.23. The van der Waals surface area contributed by atoms with E-state index >= 15 is 0 Å². The van der Waals surface area contributed by atoms with E-state index < -0.39 is 0 Å². The molecule has 0 aromatic rings. The summed E-state index contributed by atoms with van der Waals surface area (Å²) in [5.41, 5.74) is 0. The number of hydrogen-bond acceptors (Lipinski definition) is 2. The van der Waals surface area contributed by atoms with E-state index in [1.54, 1.807) is 6.34 Å². The highest BCUT2D eigenvalue weighted by molar-refractivity contribution is 5.54. The van der Waals surface area contributed by atoms with E-state index in [1.165, 1.54) is 0 Å². The number of aliphatic imine (C=N–C) groups is 1. The third-order valence-electron chi connectivity index (χ3n) is 1.45. The fourth-order valence-corrected chi connectivity index (χ4v) is 0.649. The standard InChI is InChI=1S/C8H18N2O/c1-7(2)8(5-11)9-6-10(3)4/h6-8,11H,5H2,1-4H3/t8-/m1/s1. The highest BCUT2D eigenvalue weighted by Crippen LogP contribution is 2.03. The van der Waals surface area contributed by atoms with Crippen LogP contribution in [0, 0.1) is 5.92 Å². The molecule has 0 heterocycles. The summed E-state index contributed by atoms with van der Waals surface area (Å²) in [7, 11) is 3.83. The second-order valence-corrected chi connectivity index (χ2v) is 3.22. The van der Waals surface area contributed by atoms with E-state index in [9.17, 15) is 0 Å². The van der Waals surface area contributed by atoms with Crippen LogP contribution in [0.3, 0.4) is 0 Å². The number of rotatable bonds is 4. The Hall–Kier alpha value is -0.570. The van der Waals surface area contributed by atoms with Crippen LogP contribution in [-0.2, 0) is 0 Å². The molecule has 3 nitrogen and oxygen atoms in total. The Bertz CT molecular complexity index is 121. The van der Waals surface area contributed by atoms with Crippen LogP contribution in [0.4, 0.5) is 0 Å². The van der Waals surface area contributed by atoms with Crippen LogP contribution < -0.4 is 0 Å². The van der Waals surface area contributed by atoms with Gasteiger partial charge in [0.15, 0.2) is 0 Å². The first-order valence-electron chi connectivity index (χ1n) is 3.88. The molecule has 0 rings (SSSR count). The molecule has 0 aliphatic heterocycles. The third-order valence-corrected chi connectivity index (χ3v) is 1.45. The fourth-order valence-electron chi connectivity index (χ4n) is 0.649. The van der Waals surface area contributed by atoms with Crippen molar-refractivity contribution in [2.24, 2.45) is 10.9 Å². The highest BCUT2D eigenvalue weighted by Gasteiger charge is 2.08. The summed E-state index contributed by atoms with van der Waals surface area (Å²) in [4.78, 5) is 6.06. The van der Waals surface area contributed by atoms with Gasteiger partial charge >= 0.3 is 0 Å².